The minimum atomic E-state index is -0.405. The van der Waals surface area contributed by atoms with Crippen LogP contribution in [0.4, 0.5) is 5.95 Å². The molecule has 22 heavy (non-hydrogen) atoms. The van der Waals surface area contributed by atoms with Gasteiger partial charge in [-0.15, -0.1) is 0 Å². The van der Waals surface area contributed by atoms with Gasteiger partial charge in [-0.1, -0.05) is 13.8 Å². The molecule has 1 aliphatic rings. The Morgan fingerprint density at radius 1 is 1.50 bits per heavy atom. The second-order valence-corrected chi connectivity index (χ2v) is 6.08. The lowest BCUT2D eigenvalue weighted by atomic mass is 9.73. The van der Waals surface area contributed by atoms with Crippen molar-refractivity contribution in [2.45, 2.75) is 32.6 Å². The molecular formula is C15H19N5O2. The Morgan fingerprint density at radius 2 is 2.23 bits per heavy atom. The van der Waals surface area contributed by atoms with Crippen molar-refractivity contribution >= 4 is 11.9 Å². The standard InChI is InChI=1S/C15H19N5O2/c1-5-22-13(21)11-9-12(20(4)19-11)10-8(6-15(9,2)3)7-17-14(16)18-10/h7H,5-6H2,1-4H3,(H2,16,17,18). The van der Waals surface area contributed by atoms with Crippen molar-refractivity contribution in [2.24, 2.45) is 7.05 Å². The predicted molar refractivity (Wildman–Crippen MR) is 81.3 cm³/mol. The monoisotopic (exact) mass is 301 g/mol. The number of carbonyl (C=O) groups excluding carboxylic acids is 1. The SMILES string of the molecule is CCOC(=O)c1nn(C)c2c1C(C)(C)Cc1cnc(N)nc1-2. The second kappa shape index (κ2) is 4.79. The van der Waals surface area contributed by atoms with Gasteiger partial charge >= 0.3 is 5.97 Å². The van der Waals surface area contributed by atoms with Crippen LogP contribution in [0.15, 0.2) is 6.20 Å². The summed E-state index contributed by atoms with van der Waals surface area (Å²) in [6.07, 6.45) is 2.47. The number of carbonyl (C=O) groups is 1. The van der Waals surface area contributed by atoms with E-state index in [9.17, 15) is 4.79 Å². The van der Waals surface area contributed by atoms with Crippen molar-refractivity contribution in [1.29, 1.82) is 0 Å². The molecule has 0 bridgehead atoms. The molecule has 0 atom stereocenters. The van der Waals surface area contributed by atoms with E-state index >= 15 is 0 Å². The quantitative estimate of drug-likeness (QED) is 0.844. The molecule has 0 spiro atoms. The van der Waals surface area contributed by atoms with Crippen LogP contribution in [-0.4, -0.2) is 32.3 Å². The lowest BCUT2D eigenvalue weighted by molar-refractivity contribution is 0.0515. The minimum Gasteiger partial charge on any atom is -0.461 e. The fourth-order valence-electron chi connectivity index (χ4n) is 3.10. The summed E-state index contributed by atoms with van der Waals surface area (Å²) in [6, 6.07) is 0. The largest absolute Gasteiger partial charge is 0.461 e. The van der Waals surface area contributed by atoms with Crippen LogP contribution in [-0.2, 0) is 23.6 Å². The van der Waals surface area contributed by atoms with E-state index in [0.717, 1.165) is 22.5 Å². The molecule has 0 aliphatic heterocycles. The summed E-state index contributed by atoms with van der Waals surface area (Å²) in [7, 11) is 1.80. The Labute approximate surface area is 128 Å². The van der Waals surface area contributed by atoms with E-state index in [1.807, 2.05) is 0 Å². The number of nitrogen functional groups attached to an aromatic ring is 1. The van der Waals surface area contributed by atoms with Crippen LogP contribution in [0, 0.1) is 0 Å². The summed E-state index contributed by atoms with van der Waals surface area (Å²) in [5, 5.41) is 4.38. The van der Waals surface area contributed by atoms with Gasteiger partial charge in [0, 0.05) is 18.8 Å². The van der Waals surface area contributed by atoms with Gasteiger partial charge < -0.3 is 10.5 Å². The van der Waals surface area contributed by atoms with Crippen LogP contribution in [0.2, 0.25) is 0 Å². The van der Waals surface area contributed by atoms with Crippen molar-refractivity contribution in [3.05, 3.63) is 23.0 Å². The fraction of sp³-hybridized carbons (Fsp3) is 0.467. The van der Waals surface area contributed by atoms with E-state index in [-0.39, 0.29) is 11.4 Å². The molecule has 7 nitrogen and oxygen atoms in total. The number of aryl methyl sites for hydroxylation is 1. The van der Waals surface area contributed by atoms with Crippen molar-refractivity contribution in [2.75, 3.05) is 12.3 Å². The molecule has 0 aromatic carbocycles. The van der Waals surface area contributed by atoms with Gasteiger partial charge in [0.2, 0.25) is 5.95 Å². The first-order valence-corrected chi connectivity index (χ1v) is 7.21. The number of fused-ring (bicyclic) bond motifs is 3. The zero-order valence-electron chi connectivity index (χ0n) is 13.2. The number of hydrogen-bond donors (Lipinski definition) is 1. The topological polar surface area (TPSA) is 95.9 Å². The third-order valence-electron chi connectivity index (χ3n) is 3.93. The molecule has 116 valence electrons. The van der Waals surface area contributed by atoms with Crippen LogP contribution in [0.3, 0.4) is 0 Å². The van der Waals surface area contributed by atoms with Crippen LogP contribution in [0.1, 0.15) is 42.4 Å². The predicted octanol–water partition coefficient (Wildman–Crippen LogP) is 1.47. The van der Waals surface area contributed by atoms with Crippen LogP contribution in [0.5, 0.6) is 0 Å². The Hall–Kier alpha value is -2.44. The summed E-state index contributed by atoms with van der Waals surface area (Å²) < 4.78 is 6.81. The highest BCUT2D eigenvalue weighted by Crippen LogP contribution is 2.43. The van der Waals surface area contributed by atoms with E-state index in [4.69, 9.17) is 10.5 Å². The Morgan fingerprint density at radius 3 is 2.91 bits per heavy atom. The lowest BCUT2D eigenvalue weighted by Crippen LogP contribution is -2.28. The van der Waals surface area contributed by atoms with Gasteiger partial charge in [0.05, 0.1) is 18.0 Å². The van der Waals surface area contributed by atoms with Gasteiger partial charge in [0.15, 0.2) is 5.69 Å². The summed E-state index contributed by atoms with van der Waals surface area (Å²) in [5.74, 6) is -0.193. The maximum atomic E-state index is 12.2. The highest BCUT2D eigenvalue weighted by Gasteiger charge is 2.40. The molecule has 2 aromatic heterocycles. The van der Waals surface area contributed by atoms with E-state index in [1.165, 1.54) is 0 Å². The maximum Gasteiger partial charge on any atom is 0.359 e. The molecule has 0 amide bonds. The van der Waals surface area contributed by atoms with Gasteiger partial charge in [-0.3, -0.25) is 4.68 Å². The van der Waals surface area contributed by atoms with Crippen LogP contribution < -0.4 is 5.73 Å². The van der Waals surface area contributed by atoms with Crippen LogP contribution in [0.25, 0.3) is 11.4 Å². The van der Waals surface area contributed by atoms with Crippen molar-refractivity contribution in [3.8, 4) is 11.4 Å². The number of nitrogens with zero attached hydrogens (tertiary/aromatic N) is 4. The van der Waals surface area contributed by atoms with Gasteiger partial charge in [0.1, 0.15) is 0 Å². The zero-order chi connectivity index (χ0) is 16.1. The third-order valence-corrected chi connectivity index (χ3v) is 3.93. The van der Waals surface area contributed by atoms with E-state index in [0.29, 0.717) is 18.7 Å². The van der Waals surface area contributed by atoms with Crippen molar-refractivity contribution in [3.63, 3.8) is 0 Å². The van der Waals surface area contributed by atoms with Gasteiger partial charge in [0.25, 0.3) is 0 Å². The average molecular weight is 301 g/mol. The van der Waals surface area contributed by atoms with E-state index in [1.54, 1.807) is 24.9 Å². The molecule has 1 aliphatic carbocycles. The zero-order valence-corrected chi connectivity index (χ0v) is 13.2. The number of ether oxygens (including phenoxy) is 1. The maximum absolute atomic E-state index is 12.2. The molecule has 2 heterocycles. The normalized spacial score (nSPS) is 15.1. The van der Waals surface area contributed by atoms with Crippen molar-refractivity contribution in [1.82, 2.24) is 19.7 Å². The molecule has 2 N–H and O–H groups in total. The molecule has 7 heteroatoms. The molecule has 0 radical (unpaired) electrons. The first kappa shape index (κ1) is 14.5. The number of aromatic nitrogens is 4. The first-order valence-electron chi connectivity index (χ1n) is 7.21. The highest BCUT2D eigenvalue weighted by molar-refractivity contribution is 5.92. The number of nitrogens with two attached hydrogens (primary N) is 1. The lowest BCUT2D eigenvalue weighted by Gasteiger charge is -2.31. The fourth-order valence-corrected chi connectivity index (χ4v) is 3.10. The molecule has 2 aromatic rings. The molecule has 0 unspecified atom stereocenters. The van der Waals surface area contributed by atoms with Gasteiger partial charge in [-0.05, 0) is 24.3 Å². The Kier molecular flexibility index (Phi) is 3.16. The smallest absolute Gasteiger partial charge is 0.359 e. The summed E-state index contributed by atoms with van der Waals surface area (Å²) in [5.41, 5.74) is 9.23. The third kappa shape index (κ3) is 2.04. The van der Waals surface area contributed by atoms with E-state index < -0.39 is 5.97 Å². The summed E-state index contributed by atoms with van der Waals surface area (Å²) in [6.45, 7) is 6.25. The minimum absolute atomic E-state index is 0.211. The van der Waals surface area contributed by atoms with E-state index in [2.05, 4.69) is 28.9 Å². The second-order valence-electron chi connectivity index (χ2n) is 6.08. The molecule has 3 rings (SSSR count). The average Bonchev–Trinajstić information content (AvgIpc) is 2.79. The number of rotatable bonds is 2. The Bertz CT molecular complexity index is 764. The number of hydrogen-bond acceptors (Lipinski definition) is 6. The first-order chi connectivity index (χ1) is 10.3. The molecular weight excluding hydrogens is 282 g/mol. The Balaban J connectivity index is 2.28. The summed E-state index contributed by atoms with van der Waals surface area (Å²) >= 11 is 0. The van der Waals surface area contributed by atoms with Crippen LogP contribution >= 0.6 is 0 Å². The van der Waals surface area contributed by atoms with Gasteiger partial charge in [-0.2, -0.15) is 5.10 Å². The van der Waals surface area contributed by atoms with Crippen molar-refractivity contribution < 1.29 is 9.53 Å². The highest BCUT2D eigenvalue weighted by atomic mass is 16.5. The molecule has 0 fully saturated rings. The summed E-state index contributed by atoms with van der Waals surface area (Å²) in [4.78, 5) is 20.7. The molecule has 0 saturated heterocycles. The number of esters is 1. The van der Waals surface area contributed by atoms with Gasteiger partial charge in [-0.25, -0.2) is 14.8 Å². The molecule has 0 saturated carbocycles. The number of anilines is 1.